The first kappa shape index (κ1) is 16.2. The molecule has 0 bridgehead atoms. The lowest BCUT2D eigenvalue weighted by atomic mass is 9.49. The normalized spacial score (nSPS) is 33.0. The highest BCUT2D eigenvalue weighted by molar-refractivity contribution is 7.89. The Kier molecular flexibility index (Phi) is 3.30. The van der Waals surface area contributed by atoms with Gasteiger partial charge in [-0.1, -0.05) is 30.3 Å². The van der Waals surface area contributed by atoms with Crippen molar-refractivity contribution in [1.29, 1.82) is 0 Å². The number of carbonyl (C=O) groups is 1. The van der Waals surface area contributed by atoms with Crippen LogP contribution in [0.1, 0.15) is 25.7 Å². The van der Waals surface area contributed by atoms with Crippen LogP contribution in [0, 0.1) is 11.3 Å². The molecule has 1 aliphatic heterocycles. The highest BCUT2D eigenvalue weighted by Gasteiger charge is 2.71. The number of rotatable bonds is 3. The van der Waals surface area contributed by atoms with E-state index in [4.69, 9.17) is 0 Å². The molecule has 5 rings (SSSR count). The molecule has 6 nitrogen and oxygen atoms in total. The Labute approximate surface area is 151 Å². The molecule has 1 saturated heterocycles. The number of amides is 1. The van der Waals surface area contributed by atoms with Crippen LogP contribution in [0.3, 0.4) is 0 Å². The molecule has 2 saturated carbocycles. The van der Waals surface area contributed by atoms with Crippen LogP contribution in [0.4, 0.5) is 0 Å². The summed E-state index contributed by atoms with van der Waals surface area (Å²) in [5.74, 6) is -0.614. The third kappa shape index (κ3) is 1.88. The minimum Gasteiger partial charge on any atom is -0.289 e. The van der Waals surface area contributed by atoms with Crippen LogP contribution in [0.2, 0.25) is 0 Å². The lowest BCUT2D eigenvalue weighted by molar-refractivity contribution is -0.135. The van der Waals surface area contributed by atoms with Gasteiger partial charge in [0.1, 0.15) is 6.04 Å². The van der Waals surface area contributed by atoms with Crippen molar-refractivity contribution in [3.05, 3.63) is 42.5 Å². The van der Waals surface area contributed by atoms with E-state index in [9.17, 15) is 18.4 Å². The molecular weight excluding hydrogens is 352 g/mol. The Morgan fingerprint density at radius 3 is 2.46 bits per heavy atom. The summed E-state index contributed by atoms with van der Waals surface area (Å²) in [5.41, 5.74) is 1.63. The van der Waals surface area contributed by atoms with Gasteiger partial charge in [0.15, 0.2) is 0 Å². The molecule has 136 valence electrons. The highest BCUT2D eigenvalue weighted by Crippen LogP contribution is 2.68. The molecular formula is C19H20N2O4S. The van der Waals surface area contributed by atoms with E-state index in [-0.39, 0.29) is 22.3 Å². The van der Waals surface area contributed by atoms with Crippen LogP contribution in [0.5, 0.6) is 0 Å². The predicted molar refractivity (Wildman–Crippen MR) is 94.9 cm³/mol. The molecule has 1 heterocycles. The van der Waals surface area contributed by atoms with Crippen LogP contribution >= 0.6 is 0 Å². The summed E-state index contributed by atoms with van der Waals surface area (Å²) < 4.78 is 28.3. The molecule has 1 spiro atoms. The number of fused-ring (bicyclic) bond motifs is 1. The van der Waals surface area contributed by atoms with Crippen LogP contribution in [-0.4, -0.2) is 35.9 Å². The molecule has 2 aliphatic carbocycles. The molecule has 7 heteroatoms. The Balaban J connectivity index is 1.62. The topological polar surface area (TPSA) is 86.7 Å². The SMILES string of the molecule is O=C(NO)C1C2CCC23CCC3N1S(=O)(=O)c1ccc2ccccc2c1. The standard InChI is InChI=1S/C19H20N2O4S/c22-18(20-23)17-15-7-9-19(15)10-8-16(19)21(17)26(24,25)14-6-5-12-3-1-2-4-13(12)11-14/h1-6,11,15-17,23H,7-10H2,(H,20,22). The summed E-state index contributed by atoms with van der Waals surface area (Å²) in [6.45, 7) is 0. The molecule has 1 amide bonds. The number of nitrogens with one attached hydrogen (secondary N) is 1. The van der Waals surface area contributed by atoms with Gasteiger partial charge in [0.2, 0.25) is 10.0 Å². The maximum atomic E-state index is 13.5. The van der Waals surface area contributed by atoms with Gasteiger partial charge < -0.3 is 0 Å². The number of sulfonamides is 1. The van der Waals surface area contributed by atoms with Crippen LogP contribution < -0.4 is 5.48 Å². The minimum atomic E-state index is -3.83. The Morgan fingerprint density at radius 1 is 1.12 bits per heavy atom. The predicted octanol–water partition coefficient (Wildman–Crippen LogP) is 2.28. The fraction of sp³-hybridized carbons (Fsp3) is 0.421. The quantitative estimate of drug-likeness (QED) is 0.639. The zero-order valence-corrected chi connectivity index (χ0v) is 14.9. The average Bonchev–Trinajstić information content (AvgIpc) is 2.74. The molecule has 3 fully saturated rings. The Bertz CT molecular complexity index is 1020. The third-order valence-corrected chi connectivity index (χ3v) is 8.73. The second kappa shape index (κ2) is 5.28. The van der Waals surface area contributed by atoms with Crippen molar-refractivity contribution in [3.63, 3.8) is 0 Å². The molecule has 4 atom stereocenters. The summed E-state index contributed by atoms with van der Waals surface area (Å²) in [7, 11) is -3.83. The van der Waals surface area contributed by atoms with Gasteiger partial charge >= 0.3 is 0 Å². The second-order valence-corrected chi connectivity index (χ2v) is 9.54. The van der Waals surface area contributed by atoms with Gasteiger partial charge in [-0.05, 0) is 59.9 Å². The number of carbonyl (C=O) groups excluding carboxylic acids is 1. The molecule has 0 aromatic heterocycles. The summed E-state index contributed by atoms with van der Waals surface area (Å²) in [4.78, 5) is 12.6. The summed E-state index contributed by atoms with van der Waals surface area (Å²) in [6, 6.07) is 11.7. The zero-order valence-electron chi connectivity index (χ0n) is 14.1. The highest BCUT2D eigenvalue weighted by atomic mass is 32.2. The molecule has 2 aromatic rings. The largest absolute Gasteiger partial charge is 0.289 e. The maximum absolute atomic E-state index is 13.5. The van der Waals surface area contributed by atoms with Crippen molar-refractivity contribution in [3.8, 4) is 0 Å². The van der Waals surface area contributed by atoms with E-state index in [1.54, 1.807) is 23.7 Å². The van der Waals surface area contributed by atoms with E-state index < -0.39 is 22.0 Å². The van der Waals surface area contributed by atoms with Crippen molar-refractivity contribution in [2.75, 3.05) is 0 Å². The van der Waals surface area contributed by atoms with Crippen molar-refractivity contribution in [2.24, 2.45) is 11.3 Å². The lowest BCUT2D eigenvalue weighted by Crippen LogP contribution is -2.54. The second-order valence-electron chi connectivity index (χ2n) is 7.70. The fourth-order valence-corrected chi connectivity index (χ4v) is 7.36. The van der Waals surface area contributed by atoms with Gasteiger partial charge in [-0.25, -0.2) is 13.9 Å². The van der Waals surface area contributed by atoms with Gasteiger partial charge in [-0.15, -0.1) is 0 Å². The van der Waals surface area contributed by atoms with Crippen LogP contribution in [0.15, 0.2) is 47.4 Å². The van der Waals surface area contributed by atoms with E-state index >= 15 is 0 Å². The number of hydroxylamine groups is 1. The first-order valence-corrected chi connectivity index (χ1v) is 10.4. The van der Waals surface area contributed by atoms with E-state index in [0.29, 0.717) is 0 Å². The number of benzene rings is 2. The number of nitrogens with zero attached hydrogens (tertiary/aromatic N) is 1. The van der Waals surface area contributed by atoms with Crippen molar-refractivity contribution in [1.82, 2.24) is 9.79 Å². The van der Waals surface area contributed by atoms with Crippen LogP contribution in [0.25, 0.3) is 10.8 Å². The van der Waals surface area contributed by atoms with Crippen molar-refractivity contribution >= 4 is 26.7 Å². The van der Waals surface area contributed by atoms with E-state index in [1.165, 1.54) is 4.31 Å². The zero-order chi connectivity index (χ0) is 18.1. The smallest absolute Gasteiger partial charge is 0.262 e. The molecule has 2 aromatic carbocycles. The summed E-state index contributed by atoms with van der Waals surface area (Å²) in [6.07, 6.45) is 3.53. The van der Waals surface area contributed by atoms with E-state index in [1.807, 2.05) is 24.3 Å². The molecule has 4 unspecified atom stereocenters. The summed E-state index contributed by atoms with van der Waals surface area (Å²) >= 11 is 0. The fourth-order valence-electron chi connectivity index (χ4n) is 5.41. The van der Waals surface area contributed by atoms with Gasteiger partial charge in [0, 0.05) is 6.04 Å². The lowest BCUT2D eigenvalue weighted by Gasteiger charge is -2.56. The van der Waals surface area contributed by atoms with Crippen molar-refractivity contribution < 1.29 is 18.4 Å². The van der Waals surface area contributed by atoms with Gasteiger partial charge in [0.05, 0.1) is 4.90 Å². The minimum absolute atomic E-state index is 0.00336. The number of hydrogen-bond acceptors (Lipinski definition) is 4. The van der Waals surface area contributed by atoms with Crippen molar-refractivity contribution in [2.45, 2.75) is 42.7 Å². The monoisotopic (exact) mass is 372 g/mol. The maximum Gasteiger partial charge on any atom is 0.262 e. The molecule has 26 heavy (non-hydrogen) atoms. The Hall–Kier alpha value is -1.96. The van der Waals surface area contributed by atoms with Crippen LogP contribution in [-0.2, 0) is 14.8 Å². The molecule has 3 aliphatic rings. The van der Waals surface area contributed by atoms with E-state index in [0.717, 1.165) is 36.5 Å². The molecule has 2 N–H and O–H groups in total. The first-order valence-electron chi connectivity index (χ1n) is 8.95. The first-order chi connectivity index (χ1) is 12.5. The van der Waals surface area contributed by atoms with Gasteiger partial charge in [-0.3, -0.25) is 10.0 Å². The number of hydrogen-bond donors (Lipinski definition) is 2. The average molecular weight is 372 g/mol. The third-order valence-electron chi connectivity index (χ3n) is 6.84. The Morgan fingerprint density at radius 2 is 1.85 bits per heavy atom. The summed E-state index contributed by atoms with van der Waals surface area (Å²) in [5, 5.41) is 11.0. The van der Waals surface area contributed by atoms with E-state index in [2.05, 4.69) is 0 Å². The van der Waals surface area contributed by atoms with Gasteiger partial charge in [0.25, 0.3) is 5.91 Å². The molecule has 0 radical (unpaired) electrons. The van der Waals surface area contributed by atoms with Gasteiger partial charge in [-0.2, -0.15) is 4.31 Å².